The van der Waals surface area contributed by atoms with Gasteiger partial charge in [-0.3, -0.25) is 9.69 Å². The summed E-state index contributed by atoms with van der Waals surface area (Å²) < 4.78 is 5.43. The first kappa shape index (κ1) is 18.1. The lowest BCUT2D eigenvalue weighted by Gasteiger charge is -2.27. The van der Waals surface area contributed by atoms with E-state index in [0.717, 1.165) is 18.4 Å². The van der Waals surface area contributed by atoms with Crippen LogP contribution in [-0.4, -0.2) is 35.9 Å². The number of alkyl carbamates (subject to hydrolysis) is 1. The molecule has 2 atom stereocenters. The van der Waals surface area contributed by atoms with Gasteiger partial charge in [0, 0.05) is 13.0 Å². The molecule has 1 heterocycles. The number of unbranched alkanes of at least 4 members (excludes halogenated alkanes) is 1. The third-order valence-corrected chi connectivity index (χ3v) is 4.04. The zero-order valence-electron chi connectivity index (χ0n) is 14.1. The molecule has 0 saturated heterocycles. The van der Waals surface area contributed by atoms with Gasteiger partial charge in [0.2, 0.25) is 5.91 Å². The van der Waals surface area contributed by atoms with E-state index in [2.05, 4.69) is 5.32 Å². The number of nitrogens with one attached hydrogen (secondary N) is 1. The molecule has 1 unspecified atom stereocenters. The highest BCUT2D eigenvalue weighted by atomic mass is 16.6. The molecule has 1 aromatic carbocycles. The van der Waals surface area contributed by atoms with Crippen LogP contribution in [0.5, 0.6) is 5.75 Å². The molecular weight excluding hydrogens is 310 g/mol. The van der Waals surface area contributed by atoms with E-state index in [0.29, 0.717) is 25.1 Å². The van der Waals surface area contributed by atoms with Gasteiger partial charge in [0.25, 0.3) is 0 Å². The second-order valence-corrected chi connectivity index (χ2v) is 5.88. The van der Waals surface area contributed by atoms with Crippen LogP contribution >= 0.6 is 0 Å². The van der Waals surface area contributed by atoms with Gasteiger partial charge in [-0.2, -0.15) is 0 Å². The van der Waals surface area contributed by atoms with Gasteiger partial charge in [-0.15, -0.1) is 0 Å². The Balaban J connectivity index is 2.17. The molecule has 24 heavy (non-hydrogen) atoms. The number of hydrogen-bond donors (Lipinski definition) is 3. The minimum absolute atomic E-state index is 0.106. The molecule has 2 amide bonds. The predicted octanol–water partition coefficient (Wildman–Crippen LogP) is 1.87. The summed E-state index contributed by atoms with van der Waals surface area (Å²) in [6, 6.07) is 4.05. The van der Waals surface area contributed by atoms with Crippen LogP contribution in [0.15, 0.2) is 18.2 Å². The number of benzene rings is 1. The molecule has 1 aliphatic heterocycles. The number of rotatable bonds is 6. The third kappa shape index (κ3) is 3.97. The van der Waals surface area contributed by atoms with Crippen LogP contribution in [0.3, 0.4) is 0 Å². The largest absolute Gasteiger partial charge is 0.508 e. The van der Waals surface area contributed by atoms with E-state index in [4.69, 9.17) is 10.5 Å². The fourth-order valence-corrected chi connectivity index (χ4v) is 2.65. The summed E-state index contributed by atoms with van der Waals surface area (Å²) in [7, 11) is 0. The Morgan fingerprint density at radius 3 is 2.88 bits per heavy atom. The maximum atomic E-state index is 12.6. The number of carbonyl (C=O) groups is 2. The molecule has 0 bridgehead atoms. The van der Waals surface area contributed by atoms with Gasteiger partial charge in [-0.1, -0.05) is 20.3 Å². The number of amides is 2. The van der Waals surface area contributed by atoms with Gasteiger partial charge in [-0.05, 0) is 36.6 Å². The molecule has 1 aromatic rings. The average molecular weight is 335 g/mol. The molecule has 0 aliphatic carbocycles. The quantitative estimate of drug-likeness (QED) is 0.688. The van der Waals surface area contributed by atoms with Gasteiger partial charge in [0.1, 0.15) is 5.75 Å². The summed E-state index contributed by atoms with van der Waals surface area (Å²) in [4.78, 5) is 26.0. The van der Waals surface area contributed by atoms with Gasteiger partial charge >= 0.3 is 6.09 Å². The lowest BCUT2D eigenvalue weighted by molar-refractivity contribution is -0.121. The Hall–Kier alpha value is -2.28. The topological polar surface area (TPSA) is 105 Å². The van der Waals surface area contributed by atoms with Crippen molar-refractivity contribution in [2.45, 2.75) is 51.8 Å². The highest BCUT2D eigenvalue weighted by Gasteiger charge is 2.38. The monoisotopic (exact) mass is 335 g/mol. The van der Waals surface area contributed by atoms with Crippen molar-refractivity contribution in [1.82, 2.24) is 5.32 Å². The van der Waals surface area contributed by atoms with Crippen LogP contribution in [0.25, 0.3) is 0 Å². The summed E-state index contributed by atoms with van der Waals surface area (Å²) in [5.41, 5.74) is 7.24. The molecule has 0 aromatic heterocycles. The van der Waals surface area contributed by atoms with Crippen LogP contribution in [0.2, 0.25) is 0 Å². The molecular formula is C17H25N3O4. The third-order valence-electron chi connectivity index (χ3n) is 4.04. The molecule has 4 N–H and O–H groups in total. The standard InChI is InChI=1S/C17H25N3O4/c1-3-5-8-19-17(23)24-15-10-11-9-12(21)6-7-14(11)20(15)16(22)13(18)4-2/h6-7,9,13,15,21H,3-5,8,10,18H2,1-2H3,(H,19,23)/t13?,15-/m0/s1. The first-order valence-corrected chi connectivity index (χ1v) is 8.32. The van der Waals surface area contributed by atoms with Crippen molar-refractivity contribution in [2.24, 2.45) is 5.73 Å². The van der Waals surface area contributed by atoms with Gasteiger partial charge in [-0.25, -0.2) is 4.79 Å². The number of aromatic hydroxyl groups is 1. The SMILES string of the molecule is CCCCNC(=O)O[C@H]1Cc2cc(O)ccc2N1C(=O)C(N)CC. The maximum absolute atomic E-state index is 12.6. The van der Waals surface area contributed by atoms with Gasteiger partial charge < -0.3 is 20.9 Å². The van der Waals surface area contributed by atoms with Crippen LogP contribution in [-0.2, 0) is 16.0 Å². The molecule has 2 rings (SSSR count). The Morgan fingerprint density at radius 1 is 1.46 bits per heavy atom. The lowest BCUT2D eigenvalue weighted by atomic mass is 10.1. The minimum Gasteiger partial charge on any atom is -0.508 e. The number of ether oxygens (including phenoxy) is 1. The molecule has 0 saturated carbocycles. The fraction of sp³-hybridized carbons (Fsp3) is 0.529. The fourth-order valence-electron chi connectivity index (χ4n) is 2.65. The predicted molar refractivity (Wildman–Crippen MR) is 90.7 cm³/mol. The molecule has 1 aliphatic rings. The van der Waals surface area contributed by atoms with E-state index in [1.54, 1.807) is 12.1 Å². The second kappa shape index (κ2) is 8.01. The molecule has 0 radical (unpaired) electrons. The molecule has 132 valence electrons. The van der Waals surface area contributed by atoms with Crippen LogP contribution in [0.1, 0.15) is 38.7 Å². The van der Waals surface area contributed by atoms with Crippen LogP contribution in [0.4, 0.5) is 10.5 Å². The lowest BCUT2D eigenvalue weighted by Crippen LogP contribution is -2.49. The van der Waals surface area contributed by atoms with Gasteiger partial charge in [0.15, 0.2) is 6.23 Å². The number of nitrogens with two attached hydrogens (primary N) is 1. The van der Waals surface area contributed by atoms with Crippen molar-refractivity contribution in [1.29, 1.82) is 0 Å². The van der Waals surface area contributed by atoms with E-state index in [1.165, 1.54) is 11.0 Å². The first-order valence-electron chi connectivity index (χ1n) is 8.32. The number of phenols is 1. The van der Waals surface area contributed by atoms with E-state index in [9.17, 15) is 14.7 Å². The number of anilines is 1. The Kier molecular flexibility index (Phi) is 6.03. The Labute approximate surface area is 141 Å². The van der Waals surface area contributed by atoms with Crippen LogP contribution < -0.4 is 16.0 Å². The Morgan fingerprint density at radius 2 is 2.21 bits per heavy atom. The summed E-state index contributed by atoms with van der Waals surface area (Å²) in [6.45, 7) is 4.38. The van der Waals surface area contributed by atoms with Crippen LogP contribution in [0, 0.1) is 0 Å². The van der Waals surface area contributed by atoms with Crippen molar-refractivity contribution in [2.75, 3.05) is 11.4 Å². The van der Waals surface area contributed by atoms with Crippen molar-refractivity contribution >= 4 is 17.7 Å². The summed E-state index contributed by atoms with van der Waals surface area (Å²) in [5.74, 6) is -0.192. The smallest absolute Gasteiger partial charge is 0.409 e. The minimum atomic E-state index is -0.756. The summed E-state index contributed by atoms with van der Waals surface area (Å²) in [5, 5.41) is 12.3. The van der Waals surface area contributed by atoms with Crippen molar-refractivity contribution in [3.63, 3.8) is 0 Å². The van der Waals surface area contributed by atoms with E-state index in [1.807, 2.05) is 13.8 Å². The zero-order chi connectivity index (χ0) is 17.7. The first-order chi connectivity index (χ1) is 11.5. The summed E-state index contributed by atoms with van der Waals surface area (Å²) in [6.07, 6.45) is 1.31. The number of carbonyl (C=O) groups excluding carboxylic acids is 2. The normalized spacial score (nSPS) is 17.3. The highest BCUT2D eigenvalue weighted by molar-refractivity contribution is 5.99. The van der Waals surface area contributed by atoms with E-state index >= 15 is 0 Å². The Bertz CT molecular complexity index is 605. The molecule has 0 spiro atoms. The van der Waals surface area contributed by atoms with E-state index in [-0.39, 0.29) is 11.7 Å². The highest BCUT2D eigenvalue weighted by Crippen LogP contribution is 2.35. The number of fused-ring (bicyclic) bond motifs is 1. The maximum Gasteiger partial charge on any atom is 0.409 e. The van der Waals surface area contributed by atoms with E-state index < -0.39 is 18.4 Å². The molecule has 0 fully saturated rings. The summed E-state index contributed by atoms with van der Waals surface area (Å²) >= 11 is 0. The van der Waals surface area contributed by atoms with Crippen molar-refractivity contribution in [3.05, 3.63) is 23.8 Å². The van der Waals surface area contributed by atoms with Crippen molar-refractivity contribution < 1.29 is 19.4 Å². The zero-order valence-corrected chi connectivity index (χ0v) is 14.1. The number of nitrogens with zero attached hydrogens (tertiary/aromatic N) is 1. The van der Waals surface area contributed by atoms with Crippen molar-refractivity contribution in [3.8, 4) is 5.75 Å². The number of phenolic OH excluding ortho intramolecular Hbond substituents is 1. The average Bonchev–Trinajstić information content (AvgIpc) is 2.90. The molecule has 7 nitrogen and oxygen atoms in total. The van der Waals surface area contributed by atoms with Gasteiger partial charge in [0.05, 0.1) is 11.7 Å². The number of hydrogen-bond acceptors (Lipinski definition) is 5. The second-order valence-electron chi connectivity index (χ2n) is 5.88. The molecule has 7 heteroatoms.